The van der Waals surface area contributed by atoms with Crippen molar-refractivity contribution in [3.05, 3.63) is 76.9 Å². The Hall–Kier alpha value is -2.60. The van der Waals surface area contributed by atoms with Crippen molar-refractivity contribution in [2.75, 3.05) is 0 Å². The van der Waals surface area contributed by atoms with Crippen molar-refractivity contribution >= 4 is 26.5 Å². The van der Waals surface area contributed by atoms with Gasteiger partial charge in [0.15, 0.2) is 0 Å². The van der Waals surface area contributed by atoms with Crippen LogP contribution in [0.2, 0.25) is 0 Å². The number of benzene rings is 1. The average molecular weight is 342 g/mol. The molecule has 0 spiro atoms. The number of nitrogens with zero attached hydrogens (tertiary/aromatic N) is 2. The molecule has 0 aliphatic heterocycles. The summed E-state index contributed by atoms with van der Waals surface area (Å²) < 4.78 is 28.1. The highest BCUT2D eigenvalue weighted by Crippen LogP contribution is 2.24. The van der Waals surface area contributed by atoms with Crippen LogP contribution in [0.15, 0.2) is 60.2 Å². The lowest BCUT2D eigenvalue weighted by molar-refractivity contribution is 0.588. The van der Waals surface area contributed by atoms with E-state index in [0.717, 1.165) is 15.1 Å². The molecule has 0 atom stereocenters. The Kier molecular flexibility index (Phi) is 3.93. The lowest BCUT2D eigenvalue weighted by Crippen LogP contribution is -2.23. The van der Waals surface area contributed by atoms with Crippen LogP contribution < -0.4 is 5.56 Å². The number of aryl methyl sites for hydroxylation is 1. The number of hydrogen-bond acceptors (Lipinski definition) is 3. The van der Waals surface area contributed by atoms with Crippen molar-refractivity contribution in [3.63, 3.8) is 0 Å². The summed E-state index contributed by atoms with van der Waals surface area (Å²) in [4.78, 5) is 12.5. The Morgan fingerprint density at radius 3 is 2.46 bits per heavy atom. The van der Waals surface area contributed by atoms with Crippen molar-refractivity contribution < 1.29 is 8.42 Å². The number of pyridine rings is 1. The molecule has 0 saturated carbocycles. The first-order valence-electron chi connectivity index (χ1n) is 7.45. The largest absolute Gasteiger partial charge is 0.316 e. The average Bonchev–Trinajstić information content (AvgIpc) is 2.97. The van der Waals surface area contributed by atoms with E-state index >= 15 is 0 Å². The number of hydrogen-bond donors (Lipinski definition) is 0. The first-order chi connectivity index (χ1) is 11.3. The summed E-state index contributed by atoms with van der Waals surface area (Å²) in [6.07, 6.45) is 3.12. The molecule has 0 unspecified atom stereocenters. The predicted octanol–water partition coefficient (Wildman–Crippen LogP) is 2.75. The van der Waals surface area contributed by atoms with Gasteiger partial charge >= 0.3 is 0 Å². The molecule has 0 amide bonds. The van der Waals surface area contributed by atoms with Crippen LogP contribution in [0.5, 0.6) is 0 Å². The molecule has 3 rings (SSSR count). The summed E-state index contributed by atoms with van der Waals surface area (Å²) >= 11 is 0. The molecule has 0 bridgehead atoms. The minimum absolute atomic E-state index is 0.161. The molecule has 0 aliphatic carbocycles. The predicted molar refractivity (Wildman–Crippen MR) is 96.4 cm³/mol. The number of fused-ring (bicyclic) bond motifs is 1. The third-order valence-corrected chi connectivity index (χ3v) is 5.54. The molecule has 6 heteroatoms. The van der Waals surface area contributed by atoms with Gasteiger partial charge in [-0.05, 0) is 24.1 Å². The summed E-state index contributed by atoms with van der Waals surface area (Å²) in [7, 11) is -2.10. The van der Waals surface area contributed by atoms with E-state index in [1.165, 1.54) is 10.8 Å². The maximum Gasteiger partial charge on any atom is 0.275 e. The summed E-state index contributed by atoms with van der Waals surface area (Å²) in [5.74, 6) is -0.169. The van der Waals surface area contributed by atoms with Crippen LogP contribution in [-0.4, -0.2) is 17.0 Å². The van der Waals surface area contributed by atoms with Gasteiger partial charge in [0.2, 0.25) is 10.0 Å². The number of aromatic nitrogens is 2. The van der Waals surface area contributed by atoms with Crippen molar-refractivity contribution in [2.24, 2.45) is 7.05 Å². The maximum absolute atomic E-state index is 12.8. The highest BCUT2D eigenvalue weighted by Gasteiger charge is 2.21. The fourth-order valence-corrected chi connectivity index (χ4v) is 4.21. The molecule has 0 aliphatic rings. The van der Waals surface area contributed by atoms with E-state index in [0.29, 0.717) is 10.9 Å². The van der Waals surface area contributed by atoms with Crippen molar-refractivity contribution in [1.82, 2.24) is 8.54 Å². The molecule has 0 fully saturated rings. The maximum atomic E-state index is 12.8. The third-order valence-electron chi connectivity index (χ3n) is 3.94. The zero-order valence-electron chi connectivity index (χ0n) is 13.6. The van der Waals surface area contributed by atoms with Crippen LogP contribution in [0, 0.1) is 0 Å². The van der Waals surface area contributed by atoms with E-state index in [1.54, 1.807) is 43.6 Å². The highest BCUT2D eigenvalue weighted by atomic mass is 32.2. The number of rotatable bonds is 4. The summed E-state index contributed by atoms with van der Waals surface area (Å²) in [5, 5.41) is 0.599. The first kappa shape index (κ1) is 16.3. The zero-order chi connectivity index (χ0) is 17.5. The quantitative estimate of drug-likeness (QED) is 0.732. The van der Waals surface area contributed by atoms with E-state index in [4.69, 9.17) is 0 Å². The van der Waals surface area contributed by atoms with Gasteiger partial charge in [-0.15, -0.1) is 0 Å². The molecular formula is C18H18N2O3S. The monoisotopic (exact) mass is 342 g/mol. The molecule has 1 aromatic carbocycles. The lowest BCUT2D eigenvalue weighted by Gasteiger charge is -2.10. The SMILES string of the molecule is C=C(C)c1cn(C)c(=O)c2c1ccn2S(=O)(=O)Cc1ccccc1. The zero-order valence-corrected chi connectivity index (χ0v) is 14.4. The lowest BCUT2D eigenvalue weighted by atomic mass is 10.1. The van der Waals surface area contributed by atoms with E-state index < -0.39 is 10.0 Å². The molecule has 5 nitrogen and oxygen atoms in total. The van der Waals surface area contributed by atoms with Crippen LogP contribution in [0.3, 0.4) is 0 Å². The van der Waals surface area contributed by atoms with Crippen LogP contribution in [-0.2, 0) is 22.8 Å². The summed E-state index contributed by atoms with van der Waals surface area (Å²) in [6, 6.07) is 10.6. The highest BCUT2D eigenvalue weighted by molar-refractivity contribution is 7.89. The smallest absolute Gasteiger partial charge is 0.275 e. The van der Waals surface area contributed by atoms with Crippen LogP contribution in [0.4, 0.5) is 0 Å². The van der Waals surface area contributed by atoms with Gasteiger partial charge < -0.3 is 4.57 Å². The molecular weight excluding hydrogens is 324 g/mol. The molecule has 2 aromatic heterocycles. The van der Waals surface area contributed by atoms with E-state index in [2.05, 4.69) is 6.58 Å². The molecule has 124 valence electrons. The Bertz CT molecular complexity index is 1090. The molecule has 2 heterocycles. The summed E-state index contributed by atoms with van der Waals surface area (Å²) in [6.45, 7) is 5.74. The van der Waals surface area contributed by atoms with Crippen molar-refractivity contribution in [3.8, 4) is 0 Å². The van der Waals surface area contributed by atoms with Gasteiger partial charge in [-0.25, -0.2) is 12.4 Å². The number of allylic oxidation sites excluding steroid dienone is 1. The third kappa shape index (κ3) is 2.69. The molecule has 0 saturated heterocycles. The second kappa shape index (κ2) is 5.79. The van der Waals surface area contributed by atoms with Crippen LogP contribution in [0.1, 0.15) is 18.1 Å². The van der Waals surface area contributed by atoms with E-state index in [-0.39, 0.29) is 16.8 Å². The Labute approximate surface area is 140 Å². The molecule has 24 heavy (non-hydrogen) atoms. The molecule has 0 radical (unpaired) electrons. The fraction of sp³-hybridized carbons (Fsp3) is 0.167. The Morgan fingerprint density at radius 2 is 1.83 bits per heavy atom. The van der Waals surface area contributed by atoms with E-state index in [9.17, 15) is 13.2 Å². The first-order valence-corrected chi connectivity index (χ1v) is 9.06. The van der Waals surface area contributed by atoms with Crippen LogP contribution >= 0.6 is 0 Å². The molecule has 0 N–H and O–H groups in total. The standard InChI is InChI=1S/C18H18N2O3S/c1-13(2)16-11-19(3)18(21)17-15(16)9-10-20(17)24(22,23)12-14-7-5-4-6-8-14/h4-11H,1,12H2,2-3H3. The van der Waals surface area contributed by atoms with Gasteiger partial charge in [-0.2, -0.15) is 0 Å². The minimum atomic E-state index is -3.70. The second-order valence-corrected chi connectivity index (χ2v) is 7.70. The van der Waals surface area contributed by atoms with Gasteiger partial charge in [0.05, 0.1) is 5.75 Å². The Balaban J connectivity index is 2.24. The van der Waals surface area contributed by atoms with Crippen molar-refractivity contribution in [2.45, 2.75) is 12.7 Å². The van der Waals surface area contributed by atoms with Gasteiger partial charge in [-0.1, -0.05) is 36.9 Å². The minimum Gasteiger partial charge on any atom is -0.316 e. The van der Waals surface area contributed by atoms with Crippen LogP contribution in [0.25, 0.3) is 16.5 Å². The van der Waals surface area contributed by atoms with Crippen molar-refractivity contribution in [1.29, 1.82) is 0 Å². The van der Waals surface area contributed by atoms with Gasteiger partial charge in [-0.3, -0.25) is 4.79 Å². The van der Waals surface area contributed by atoms with E-state index in [1.807, 2.05) is 13.0 Å². The van der Waals surface area contributed by atoms with Gasteiger partial charge in [0.25, 0.3) is 5.56 Å². The van der Waals surface area contributed by atoms with Gasteiger partial charge in [0, 0.05) is 30.4 Å². The van der Waals surface area contributed by atoms with Gasteiger partial charge in [0.1, 0.15) is 5.52 Å². The normalized spacial score (nSPS) is 11.8. The topological polar surface area (TPSA) is 61.1 Å². The summed E-state index contributed by atoms with van der Waals surface area (Å²) in [5.41, 5.74) is 2.02. The second-order valence-electron chi connectivity index (χ2n) is 5.85. The fourth-order valence-electron chi connectivity index (χ4n) is 2.76. The molecule has 3 aromatic rings. The Morgan fingerprint density at radius 1 is 1.17 bits per heavy atom.